The van der Waals surface area contributed by atoms with Crippen LogP contribution in [0, 0.1) is 23.7 Å². The standard InChI is InChI=1S/C23H29N3O6/c1-3-32-23(31)25-24-16-11-17(27)20(28)18-14(16)9-10-15-19(18)22(30)26(21(15)29)12(2)13-7-5-4-6-8-13/h4-8,12,14-15,17-20,27-28H,3,9-11H2,1-2H3,(H,25,31)/t12-,14-,15+,17+,18-,19-,20+/m0/s1. The van der Waals surface area contributed by atoms with Gasteiger partial charge in [-0.15, -0.1) is 0 Å². The SMILES string of the molecule is CCOC(=O)NN=C1C[C@@H](O)[C@@H](O)[C@@H]2[C@H]3C(=O)N([C@@H](C)c4ccccc4)C(=O)[C@@H]3CC[C@@H]12. The molecule has 1 heterocycles. The van der Waals surface area contributed by atoms with Gasteiger partial charge in [0.2, 0.25) is 11.8 Å². The van der Waals surface area contributed by atoms with E-state index in [2.05, 4.69) is 10.5 Å². The van der Waals surface area contributed by atoms with E-state index in [1.807, 2.05) is 37.3 Å². The van der Waals surface area contributed by atoms with Crippen LogP contribution in [0.5, 0.6) is 0 Å². The summed E-state index contributed by atoms with van der Waals surface area (Å²) in [5, 5.41) is 25.5. The maximum Gasteiger partial charge on any atom is 0.427 e. The molecule has 3 amide bonds. The minimum atomic E-state index is -1.15. The molecule has 172 valence electrons. The average molecular weight is 444 g/mol. The van der Waals surface area contributed by atoms with Gasteiger partial charge in [-0.3, -0.25) is 14.5 Å². The van der Waals surface area contributed by atoms with Crippen molar-refractivity contribution in [3.63, 3.8) is 0 Å². The number of hydrazone groups is 1. The van der Waals surface area contributed by atoms with Gasteiger partial charge in [-0.1, -0.05) is 30.3 Å². The van der Waals surface area contributed by atoms with E-state index in [1.165, 1.54) is 4.90 Å². The van der Waals surface area contributed by atoms with E-state index in [0.717, 1.165) is 5.56 Å². The van der Waals surface area contributed by atoms with Crippen LogP contribution in [-0.4, -0.2) is 57.5 Å². The number of carbonyl (C=O) groups is 3. The van der Waals surface area contributed by atoms with Gasteiger partial charge in [0, 0.05) is 24.0 Å². The molecule has 32 heavy (non-hydrogen) atoms. The van der Waals surface area contributed by atoms with E-state index in [4.69, 9.17) is 4.74 Å². The van der Waals surface area contributed by atoms with Crippen molar-refractivity contribution in [2.45, 2.75) is 51.4 Å². The van der Waals surface area contributed by atoms with Crippen LogP contribution in [0.4, 0.5) is 4.79 Å². The van der Waals surface area contributed by atoms with Crippen LogP contribution in [0.2, 0.25) is 0 Å². The Bertz CT molecular complexity index is 920. The molecular formula is C23H29N3O6. The van der Waals surface area contributed by atoms with Crippen molar-refractivity contribution < 1.29 is 29.3 Å². The molecule has 9 heteroatoms. The number of benzene rings is 1. The van der Waals surface area contributed by atoms with Gasteiger partial charge in [0.05, 0.1) is 36.7 Å². The molecule has 0 spiro atoms. The smallest absolute Gasteiger partial charge is 0.427 e. The molecule has 7 atom stereocenters. The number of nitrogens with zero attached hydrogens (tertiary/aromatic N) is 2. The molecule has 0 bridgehead atoms. The maximum atomic E-state index is 13.5. The number of likely N-dealkylation sites (tertiary alicyclic amines) is 1. The fourth-order valence-corrected chi connectivity index (χ4v) is 5.57. The van der Waals surface area contributed by atoms with E-state index in [-0.39, 0.29) is 30.8 Å². The molecule has 2 aliphatic carbocycles. The van der Waals surface area contributed by atoms with Gasteiger partial charge >= 0.3 is 6.09 Å². The largest absolute Gasteiger partial charge is 0.449 e. The van der Waals surface area contributed by atoms with Crippen molar-refractivity contribution in [2.24, 2.45) is 28.8 Å². The lowest BCUT2D eigenvalue weighted by molar-refractivity contribution is -0.144. The third-order valence-corrected chi connectivity index (χ3v) is 7.05. The van der Waals surface area contributed by atoms with E-state index in [9.17, 15) is 24.6 Å². The number of fused-ring (bicyclic) bond motifs is 3. The molecule has 0 unspecified atom stereocenters. The van der Waals surface area contributed by atoms with Gasteiger partial charge in [-0.25, -0.2) is 10.2 Å². The molecule has 0 radical (unpaired) electrons. The topological polar surface area (TPSA) is 129 Å². The molecule has 1 saturated heterocycles. The maximum absolute atomic E-state index is 13.5. The molecule has 3 aliphatic rings. The highest BCUT2D eigenvalue weighted by Gasteiger charge is 2.60. The number of carbonyl (C=O) groups excluding carboxylic acids is 3. The Kier molecular flexibility index (Phi) is 6.30. The summed E-state index contributed by atoms with van der Waals surface area (Å²) in [5.74, 6) is -2.79. The Hall–Kier alpha value is -2.78. The van der Waals surface area contributed by atoms with Crippen LogP contribution >= 0.6 is 0 Å². The van der Waals surface area contributed by atoms with Crippen LogP contribution in [0.3, 0.4) is 0 Å². The predicted molar refractivity (Wildman–Crippen MR) is 114 cm³/mol. The van der Waals surface area contributed by atoms with Crippen molar-refractivity contribution >= 4 is 23.6 Å². The number of aliphatic hydroxyl groups excluding tert-OH is 2. The monoisotopic (exact) mass is 443 g/mol. The third-order valence-electron chi connectivity index (χ3n) is 7.05. The molecule has 1 aliphatic heterocycles. The van der Waals surface area contributed by atoms with Gasteiger partial charge in [-0.2, -0.15) is 5.10 Å². The zero-order valence-electron chi connectivity index (χ0n) is 18.2. The Morgan fingerprint density at radius 1 is 1.19 bits per heavy atom. The summed E-state index contributed by atoms with van der Waals surface area (Å²) in [6.45, 7) is 3.69. The number of imide groups is 1. The first kappa shape index (κ1) is 22.4. The Morgan fingerprint density at radius 3 is 2.56 bits per heavy atom. The van der Waals surface area contributed by atoms with Crippen LogP contribution in [0.1, 0.15) is 44.7 Å². The Balaban J connectivity index is 1.62. The summed E-state index contributed by atoms with van der Waals surface area (Å²) in [4.78, 5) is 39.7. The second kappa shape index (κ2) is 8.99. The molecule has 3 N–H and O–H groups in total. The zero-order valence-corrected chi connectivity index (χ0v) is 18.2. The second-order valence-corrected chi connectivity index (χ2v) is 8.72. The predicted octanol–water partition coefficient (Wildman–Crippen LogP) is 1.60. The summed E-state index contributed by atoms with van der Waals surface area (Å²) < 4.78 is 4.83. The number of hydrogen-bond donors (Lipinski definition) is 3. The first-order valence-corrected chi connectivity index (χ1v) is 11.1. The highest BCUT2D eigenvalue weighted by molar-refractivity contribution is 6.06. The minimum absolute atomic E-state index is 0.0817. The number of aliphatic hydroxyl groups is 2. The van der Waals surface area contributed by atoms with E-state index < -0.39 is 42.1 Å². The third kappa shape index (κ3) is 3.80. The van der Waals surface area contributed by atoms with Crippen LogP contribution < -0.4 is 5.43 Å². The minimum Gasteiger partial charge on any atom is -0.449 e. The lowest BCUT2D eigenvalue weighted by Crippen LogP contribution is -2.55. The van der Waals surface area contributed by atoms with Crippen LogP contribution in [0.15, 0.2) is 35.4 Å². The summed E-state index contributed by atoms with van der Waals surface area (Å²) in [7, 11) is 0. The number of ether oxygens (including phenoxy) is 1. The molecule has 3 fully saturated rings. The quantitative estimate of drug-likeness (QED) is 0.479. The fraction of sp³-hybridized carbons (Fsp3) is 0.565. The van der Waals surface area contributed by atoms with Crippen LogP contribution in [-0.2, 0) is 14.3 Å². The van der Waals surface area contributed by atoms with E-state index in [1.54, 1.807) is 6.92 Å². The second-order valence-electron chi connectivity index (χ2n) is 8.72. The first-order chi connectivity index (χ1) is 15.3. The highest BCUT2D eigenvalue weighted by Crippen LogP contribution is 2.50. The lowest BCUT2D eigenvalue weighted by atomic mass is 9.60. The van der Waals surface area contributed by atoms with Crippen molar-refractivity contribution in [1.29, 1.82) is 0 Å². The number of amides is 3. The van der Waals surface area contributed by atoms with Gasteiger partial charge in [0.25, 0.3) is 0 Å². The lowest BCUT2D eigenvalue weighted by Gasteiger charge is -2.45. The summed E-state index contributed by atoms with van der Waals surface area (Å²) in [6, 6.07) is 8.92. The number of nitrogens with one attached hydrogen (secondary N) is 1. The molecule has 1 aromatic carbocycles. The van der Waals surface area contributed by atoms with Crippen molar-refractivity contribution in [3.05, 3.63) is 35.9 Å². The average Bonchev–Trinajstić information content (AvgIpc) is 3.05. The summed E-state index contributed by atoms with van der Waals surface area (Å²) in [5.41, 5.74) is 3.69. The van der Waals surface area contributed by atoms with Gasteiger partial charge in [0.1, 0.15) is 0 Å². The van der Waals surface area contributed by atoms with E-state index >= 15 is 0 Å². The molecule has 1 aromatic rings. The molecule has 0 aromatic heterocycles. The Morgan fingerprint density at radius 2 is 1.88 bits per heavy atom. The fourth-order valence-electron chi connectivity index (χ4n) is 5.57. The van der Waals surface area contributed by atoms with Crippen LogP contribution in [0.25, 0.3) is 0 Å². The summed E-state index contributed by atoms with van der Waals surface area (Å²) in [6.07, 6.45) is -1.90. The zero-order chi connectivity index (χ0) is 23.0. The number of hydrogen-bond acceptors (Lipinski definition) is 7. The normalized spacial score (nSPS) is 34.1. The molecule has 9 nitrogen and oxygen atoms in total. The van der Waals surface area contributed by atoms with Crippen molar-refractivity contribution in [3.8, 4) is 0 Å². The molecule has 2 saturated carbocycles. The number of rotatable bonds is 4. The van der Waals surface area contributed by atoms with Crippen molar-refractivity contribution in [1.82, 2.24) is 10.3 Å². The summed E-state index contributed by atoms with van der Waals surface area (Å²) >= 11 is 0. The van der Waals surface area contributed by atoms with Gasteiger partial charge < -0.3 is 14.9 Å². The highest BCUT2D eigenvalue weighted by atomic mass is 16.5. The molecular weight excluding hydrogens is 414 g/mol. The van der Waals surface area contributed by atoms with Gasteiger partial charge in [-0.05, 0) is 32.3 Å². The van der Waals surface area contributed by atoms with Crippen molar-refractivity contribution in [2.75, 3.05) is 6.61 Å². The Labute approximate surface area is 186 Å². The first-order valence-electron chi connectivity index (χ1n) is 11.1. The molecule has 4 rings (SSSR count). The van der Waals surface area contributed by atoms with E-state index in [0.29, 0.717) is 18.6 Å². The van der Waals surface area contributed by atoms with Gasteiger partial charge in [0.15, 0.2) is 0 Å².